The first-order valence-electron chi connectivity index (χ1n) is 7.76. The van der Waals surface area contributed by atoms with Gasteiger partial charge in [-0.05, 0) is 24.8 Å². The van der Waals surface area contributed by atoms with Crippen LogP contribution >= 0.6 is 0 Å². The summed E-state index contributed by atoms with van der Waals surface area (Å²) in [5, 5.41) is 8.20. The molecule has 22 heavy (non-hydrogen) atoms. The minimum Gasteiger partial charge on any atom is -0.403 e. The minimum absolute atomic E-state index is 0.00542. The van der Waals surface area contributed by atoms with Gasteiger partial charge in [-0.3, -0.25) is 0 Å². The van der Waals surface area contributed by atoms with Gasteiger partial charge in [0, 0.05) is 11.9 Å². The van der Waals surface area contributed by atoms with E-state index in [2.05, 4.69) is 39.0 Å². The molecule has 0 bridgehead atoms. The van der Waals surface area contributed by atoms with Gasteiger partial charge in [0.15, 0.2) is 0 Å². The van der Waals surface area contributed by atoms with Crippen LogP contribution < -0.4 is 11.5 Å². The molecular formula is C18H34N2O2. The first kappa shape index (κ1) is 22.8. The molecule has 1 rings (SSSR count). The Morgan fingerprint density at radius 1 is 1.41 bits per heavy atom. The molecular weight excluding hydrogens is 276 g/mol. The Labute approximate surface area is 136 Å². The van der Waals surface area contributed by atoms with E-state index in [4.69, 9.17) is 21.3 Å². The molecule has 0 aromatic heterocycles. The Bertz CT molecular complexity index is 381. The summed E-state index contributed by atoms with van der Waals surface area (Å²) in [7, 11) is 0. The van der Waals surface area contributed by atoms with E-state index in [9.17, 15) is 0 Å². The number of nitrogens with two attached hydrogens (primary N) is 2. The summed E-state index contributed by atoms with van der Waals surface area (Å²) in [5.41, 5.74) is 12.4. The van der Waals surface area contributed by atoms with Crippen LogP contribution in [0.15, 0.2) is 47.9 Å². The van der Waals surface area contributed by atoms with Gasteiger partial charge in [-0.1, -0.05) is 57.6 Å². The summed E-state index contributed by atoms with van der Waals surface area (Å²) < 4.78 is 5.50. The largest absolute Gasteiger partial charge is 0.403 e. The Morgan fingerprint density at radius 3 is 2.59 bits per heavy atom. The van der Waals surface area contributed by atoms with E-state index in [-0.39, 0.29) is 12.0 Å². The molecule has 1 aliphatic heterocycles. The molecule has 4 nitrogen and oxygen atoms in total. The quantitative estimate of drug-likeness (QED) is 0.684. The Kier molecular flexibility index (Phi) is 14.9. The molecule has 0 spiro atoms. The molecule has 0 radical (unpaired) electrons. The summed E-state index contributed by atoms with van der Waals surface area (Å²) in [6.45, 7) is 12.3. The van der Waals surface area contributed by atoms with Gasteiger partial charge >= 0.3 is 0 Å². The molecule has 1 heterocycles. The number of rotatable bonds is 2. The predicted molar refractivity (Wildman–Crippen MR) is 96.1 cm³/mol. The number of hydrogen-bond donors (Lipinski definition) is 3. The van der Waals surface area contributed by atoms with Crippen LogP contribution in [0.1, 0.15) is 41.0 Å². The van der Waals surface area contributed by atoms with E-state index in [0.717, 1.165) is 19.6 Å². The van der Waals surface area contributed by atoms with Crippen molar-refractivity contribution in [3.05, 3.63) is 47.9 Å². The third kappa shape index (κ3) is 14.9. The summed E-state index contributed by atoms with van der Waals surface area (Å²) >= 11 is 0. The van der Waals surface area contributed by atoms with Gasteiger partial charge in [-0.25, -0.2) is 0 Å². The fourth-order valence-electron chi connectivity index (χ4n) is 1.80. The zero-order valence-electron chi connectivity index (χ0n) is 14.8. The molecule has 0 saturated carbocycles. The van der Waals surface area contributed by atoms with Crippen molar-refractivity contribution in [2.75, 3.05) is 19.8 Å². The van der Waals surface area contributed by atoms with E-state index in [1.165, 1.54) is 17.8 Å². The third-order valence-electron chi connectivity index (χ3n) is 2.59. The lowest BCUT2D eigenvalue weighted by molar-refractivity contribution is 0.0813. The van der Waals surface area contributed by atoms with Gasteiger partial charge in [0.1, 0.15) is 0 Å². The zero-order valence-corrected chi connectivity index (χ0v) is 14.8. The average Bonchev–Trinajstić information content (AvgIpc) is 2.57. The maximum atomic E-state index is 8.20. The van der Waals surface area contributed by atoms with Crippen LogP contribution in [-0.2, 0) is 4.74 Å². The zero-order chi connectivity index (χ0) is 17.4. The van der Waals surface area contributed by atoms with E-state index in [1.54, 1.807) is 6.08 Å². The van der Waals surface area contributed by atoms with Crippen LogP contribution in [-0.4, -0.2) is 24.9 Å². The fraction of sp³-hybridized carbons (Fsp3) is 0.556. The monoisotopic (exact) mass is 310 g/mol. The van der Waals surface area contributed by atoms with Crippen LogP contribution in [0.4, 0.5) is 0 Å². The smallest absolute Gasteiger partial charge is 0.0650 e. The van der Waals surface area contributed by atoms with Gasteiger partial charge in [0.25, 0.3) is 0 Å². The first-order valence-corrected chi connectivity index (χ1v) is 7.76. The molecule has 0 amide bonds. The Morgan fingerprint density at radius 2 is 2.05 bits per heavy atom. The number of allylic oxidation sites excluding steroid dienone is 4. The average molecular weight is 310 g/mol. The Hall–Kier alpha value is -1.52. The summed E-state index contributed by atoms with van der Waals surface area (Å²) in [6, 6.07) is 0. The lowest BCUT2D eigenvalue weighted by atomic mass is 9.87. The molecule has 1 aliphatic rings. The van der Waals surface area contributed by atoms with Crippen LogP contribution in [0.2, 0.25) is 0 Å². The van der Waals surface area contributed by atoms with Crippen molar-refractivity contribution in [3.8, 4) is 0 Å². The van der Waals surface area contributed by atoms with Crippen molar-refractivity contribution in [2.45, 2.75) is 41.0 Å². The molecule has 128 valence electrons. The minimum atomic E-state index is -0.00542. The summed E-state index contributed by atoms with van der Waals surface area (Å²) in [5.74, 6) is 0. The number of hydrogen-bond acceptors (Lipinski definition) is 4. The molecule has 0 saturated heterocycles. The van der Waals surface area contributed by atoms with Crippen molar-refractivity contribution in [1.29, 1.82) is 0 Å². The lowest BCUT2D eigenvalue weighted by Crippen LogP contribution is -2.19. The molecule has 0 aromatic carbocycles. The van der Waals surface area contributed by atoms with Crippen molar-refractivity contribution in [1.82, 2.24) is 0 Å². The van der Waals surface area contributed by atoms with E-state index >= 15 is 0 Å². The maximum absolute atomic E-state index is 8.20. The topological polar surface area (TPSA) is 81.5 Å². The second-order valence-corrected chi connectivity index (χ2v) is 5.55. The van der Waals surface area contributed by atoms with Crippen molar-refractivity contribution >= 4 is 0 Å². The van der Waals surface area contributed by atoms with Crippen molar-refractivity contribution in [3.63, 3.8) is 0 Å². The molecule has 5 N–H and O–H groups in total. The van der Waals surface area contributed by atoms with Crippen LogP contribution in [0.25, 0.3) is 0 Å². The van der Waals surface area contributed by atoms with Gasteiger partial charge < -0.3 is 21.3 Å². The second-order valence-electron chi connectivity index (χ2n) is 5.55. The highest BCUT2D eigenvalue weighted by molar-refractivity contribution is 5.13. The summed E-state index contributed by atoms with van der Waals surface area (Å²) in [6.07, 6.45) is 11.8. The number of aliphatic hydroxyl groups is 1. The third-order valence-corrected chi connectivity index (χ3v) is 2.59. The van der Waals surface area contributed by atoms with Gasteiger partial charge in [-0.2, -0.15) is 0 Å². The maximum Gasteiger partial charge on any atom is 0.0650 e. The summed E-state index contributed by atoms with van der Waals surface area (Å²) in [4.78, 5) is 0. The van der Waals surface area contributed by atoms with Crippen molar-refractivity contribution in [2.24, 2.45) is 16.9 Å². The van der Waals surface area contributed by atoms with E-state index in [0.29, 0.717) is 5.70 Å². The molecule has 0 aliphatic carbocycles. The standard InChI is InChI=1S/C11H18O.C5H10N2O.C2H6/c1-10-6-4-5-7-12-9-11(2,3)8-10;6-4-5(7)2-1-3-8;1-2/h4-6H,7-9H2,1-3H3;1-2,4,8H,3,6-7H2;1-2H3/b5-4-,10-6-;2-1-,5-4+;. The lowest BCUT2D eigenvalue weighted by Gasteiger charge is -2.23. The highest BCUT2D eigenvalue weighted by atomic mass is 16.5. The Balaban J connectivity index is 0. The predicted octanol–water partition coefficient (Wildman–Crippen LogP) is 3.26. The second kappa shape index (κ2) is 14.4. The molecule has 0 atom stereocenters. The van der Waals surface area contributed by atoms with Gasteiger partial charge in [0.2, 0.25) is 0 Å². The van der Waals surface area contributed by atoms with Gasteiger partial charge in [-0.15, -0.1) is 0 Å². The van der Waals surface area contributed by atoms with E-state index < -0.39 is 0 Å². The molecule has 4 heteroatoms. The first-order chi connectivity index (χ1) is 10.4. The number of ether oxygens (including phenoxy) is 1. The van der Waals surface area contributed by atoms with Crippen LogP contribution in [0, 0.1) is 5.41 Å². The van der Waals surface area contributed by atoms with Crippen molar-refractivity contribution < 1.29 is 9.84 Å². The van der Waals surface area contributed by atoms with Gasteiger partial charge in [0.05, 0.1) is 19.8 Å². The molecule has 0 fully saturated rings. The highest BCUT2D eigenvalue weighted by Gasteiger charge is 2.18. The van der Waals surface area contributed by atoms with Crippen LogP contribution in [0.5, 0.6) is 0 Å². The highest BCUT2D eigenvalue weighted by Crippen LogP contribution is 2.25. The number of aliphatic hydroxyl groups excluding tert-OH is 1. The van der Waals surface area contributed by atoms with Crippen LogP contribution in [0.3, 0.4) is 0 Å². The van der Waals surface area contributed by atoms with E-state index in [1.807, 2.05) is 13.8 Å². The molecule has 0 aromatic rings. The fourth-order valence-corrected chi connectivity index (χ4v) is 1.80. The SMILES string of the molecule is C/C1=C/C=C\COCC(C)(C)C1.CC.N/C=C(N)\C=C/CO. The normalized spacial score (nSPS) is 21.7. The molecule has 0 unspecified atom stereocenters.